The number of nitrogens with zero attached hydrogens (tertiary/aromatic N) is 1. The average Bonchev–Trinajstić information content (AvgIpc) is 2.70. The lowest BCUT2D eigenvalue weighted by Gasteiger charge is -2.16. The van der Waals surface area contributed by atoms with Gasteiger partial charge in [-0.05, 0) is 18.6 Å². The summed E-state index contributed by atoms with van der Waals surface area (Å²) in [6.45, 7) is 3.61. The number of ketones is 1. The van der Waals surface area contributed by atoms with E-state index in [4.69, 9.17) is 9.15 Å². The van der Waals surface area contributed by atoms with Crippen LogP contribution < -0.4 is 0 Å². The highest BCUT2D eigenvalue weighted by atomic mass is 16.5. The highest BCUT2D eigenvalue weighted by Crippen LogP contribution is 2.19. The predicted octanol–water partition coefficient (Wildman–Crippen LogP) is 2.34. The summed E-state index contributed by atoms with van der Waals surface area (Å²) >= 11 is 0. The third-order valence-corrected chi connectivity index (χ3v) is 3.38. The van der Waals surface area contributed by atoms with Crippen molar-refractivity contribution in [1.29, 1.82) is 0 Å². The molecule has 4 heteroatoms. The van der Waals surface area contributed by atoms with E-state index in [2.05, 4.69) is 4.90 Å². The van der Waals surface area contributed by atoms with Crippen molar-refractivity contribution in [1.82, 2.24) is 4.90 Å². The van der Waals surface area contributed by atoms with Gasteiger partial charge in [0, 0.05) is 25.1 Å². The maximum Gasteiger partial charge on any atom is 0.211 e. The number of hydrogen-bond donors (Lipinski definition) is 0. The van der Waals surface area contributed by atoms with Gasteiger partial charge in [0.15, 0.2) is 5.76 Å². The van der Waals surface area contributed by atoms with E-state index < -0.39 is 0 Å². The Kier molecular flexibility index (Phi) is 3.62. The number of carbonyl (C=O) groups excluding carboxylic acids is 1. The Morgan fingerprint density at radius 3 is 3.00 bits per heavy atom. The topological polar surface area (TPSA) is 42.7 Å². The van der Waals surface area contributed by atoms with Crippen molar-refractivity contribution in [2.75, 3.05) is 32.8 Å². The molecule has 0 bridgehead atoms. The SMILES string of the molecule is O=C(CN1CCCOCC1)c1cc2ccccc2o1. The first-order valence-electron chi connectivity index (χ1n) is 6.65. The van der Waals surface area contributed by atoms with Crippen LogP contribution in [0.2, 0.25) is 0 Å². The quantitative estimate of drug-likeness (QED) is 0.793. The van der Waals surface area contributed by atoms with Gasteiger partial charge in [0.05, 0.1) is 13.2 Å². The van der Waals surface area contributed by atoms with Gasteiger partial charge in [-0.1, -0.05) is 18.2 Å². The molecule has 0 radical (unpaired) electrons. The first kappa shape index (κ1) is 12.4. The van der Waals surface area contributed by atoms with Crippen LogP contribution in [0.1, 0.15) is 17.0 Å². The Hall–Kier alpha value is -1.65. The normalized spacial score (nSPS) is 17.5. The third-order valence-electron chi connectivity index (χ3n) is 3.38. The van der Waals surface area contributed by atoms with Crippen molar-refractivity contribution in [3.8, 4) is 0 Å². The van der Waals surface area contributed by atoms with Crippen molar-refractivity contribution in [3.05, 3.63) is 36.1 Å². The van der Waals surface area contributed by atoms with Crippen LogP contribution in [-0.2, 0) is 4.74 Å². The predicted molar refractivity (Wildman–Crippen MR) is 72.4 cm³/mol. The van der Waals surface area contributed by atoms with Crippen LogP contribution in [-0.4, -0.2) is 43.5 Å². The molecule has 1 aliphatic heterocycles. The number of Topliss-reactive ketones (excluding diaryl/α,β-unsaturated/α-hetero) is 1. The Morgan fingerprint density at radius 1 is 1.21 bits per heavy atom. The summed E-state index contributed by atoms with van der Waals surface area (Å²) < 4.78 is 11.0. The zero-order valence-electron chi connectivity index (χ0n) is 10.8. The summed E-state index contributed by atoms with van der Waals surface area (Å²) in [4.78, 5) is 14.3. The number of hydrogen-bond acceptors (Lipinski definition) is 4. The van der Waals surface area contributed by atoms with E-state index in [1.54, 1.807) is 0 Å². The molecule has 1 aromatic carbocycles. The third kappa shape index (κ3) is 2.85. The monoisotopic (exact) mass is 259 g/mol. The van der Waals surface area contributed by atoms with E-state index in [1.807, 2.05) is 30.3 Å². The molecule has 2 heterocycles. The van der Waals surface area contributed by atoms with Gasteiger partial charge in [-0.15, -0.1) is 0 Å². The molecule has 1 aliphatic rings. The summed E-state index contributed by atoms with van der Waals surface area (Å²) in [7, 11) is 0. The molecule has 0 saturated carbocycles. The molecule has 1 aromatic heterocycles. The highest BCUT2D eigenvalue weighted by molar-refractivity contribution is 5.98. The van der Waals surface area contributed by atoms with Crippen molar-refractivity contribution >= 4 is 16.8 Å². The molecule has 0 spiro atoms. The summed E-state index contributed by atoms with van der Waals surface area (Å²) in [6, 6.07) is 9.51. The van der Waals surface area contributed by atoms with Gasteiger partial charge in [-0.2, -0.15) is 0 Å². The van der Waals surface area contributed by atoms with Crippen molar-refractivity contribution in [2.24, 2.45) is 0 Å². The van der Waals surface area contributed by atoms with Gasteiger partial charge in [0.1, 0.15) is 5.58 Å². The van der Waals surface area contributed by atoms with E-state index in [1.165, 1.54) is 0 Å². The van der Waals surface area contributed by atoms with Gasteiger partial charge in [-0.3, -0.25) is 9.69 Å². The summed E-state index contributed by atoms with van der Waals surface area (Å²) in [5.41, 5.74) is 0.769. The highest BCUT2D eigenvalue weighted by Gasteiger charge is 2.17. The smallest absolute Gasteiger partial charge is 0.211 e. The number of benzene rings is 1. The first-order valence-corrected chi connectivity index (χ1v) is 6.65. The number of fused-ring (bicyclic) bond motifs is 1. The standard InChI is InChI=1S/C15H17NO3/c17-13(11-16-6-3-8-18-9-7-16)15-10-12-4-1-2-5-14(12)19-15/h1-2,4-5,10H,3,6-9,11H2. The van der Waals surface area contributed by atoms with Crippen LogP contribution in [0.15, 0.2) is 34.7 Å². The minimum absolute atomic E-state index is 0.0399. The Morgan fingerprint density at radius 2 is 2.11 bits per heavy atom. The van der Waals surface area contributed by atoms with E-state index in [0.717, 1.165) is 37.1 Å². The number of furan rings is 1. The summed E-state index contributed by atoms with van der Waals surface area (Å²) in [5.74, 6) is 0.490. The molecule has 2 aromatic rings. The fourth-order valence-electron chi connectivity index (χ4n) is 2.36. The minimum Gasteiger partial charge on any atom is -0.453 e. The van der Waals surface area contributed by atoms with E-state index >= 15 is 0 Å². The maximum absolute atomic E-state index is 12.2. The zero-order valence-corrected chi connectivity index (χ0v) is 10.8. The molecule has 0 N–H and O–H groups in total. The second kappa shape index (κ2) is 5.55. The molecule has 4 nitrogen and oxygen atoms in total. The molecule has 1 saturated heterocycles. The van der Waals surface area contributed by atoms with Crippen molar-refractivity contribution in [2.45, 2.75) is 6.42 Å². The molecule has 100 valence electrons. The van der Waals surface area contributed by atoms with Crippen LogP contribution in [0.3, 0.4) is 0 Å². The van der Waals surface area contributed by atoms with Gasteiger partial charge in [0.25, 0.3) is 0 Å². The van der Waals surface area contributed by atoms with E-state index in [9.17, 15) is 4.79 Å². The Bertz CT molecular complexity index is 535. The largest absolute Gasteiger partial charge is 0.453 e. The van der Waals surface area contributed by atoms with Crippen LogP contribution in [0, 0.1) is 0 Å². The Balaban J connectivity index is 1.72. The molecule has 0 aliphatic carbocycles. The van der Waals surface area contributed by atoms with Crippen molar-refractivity contribution < 1.29 is 13.9 Å². The van der Waals surface area contributed by atoms with Crippen LogP contribution in [0.5, 0.6) is 0 Å². The molecule has 19 heavy (non-hydrogen) atoms. The molecule has 3 rings (SSSR count). The lowest BCUT2D eigenvalue weighted by atomic mass is 10.2. The minimum atomic E-state index is 0.0399. The van der Waals surface area contributed by atoms with Crippen LogP contribution in [0.25, 0.3) is 11.0 Å². The molecule has 0 amide bonds. The molecule has 0 unspecified atom stereocenters. The molecular formula is C15H17NO3. The summed E-state index contributed by atoms with van der Waals surface area (Å²) in [5, 5.41) is 0.977. The van der Waals surface area contributed by atoms with Gasteiger partial charge in [-0.25, -0.2) is 0 Å². The number of para-hydroxylation sites is 1. The number of ether oxygens (including phenoxy) is 1. The average molecular weight is 259 g/mol. The lowest BCUT2D eigenvalue weighted by molar-refractivity contribution is 0.0897. The molecule has 0 atom stereocenters. The first-order chi connectivity index (χ1) is 9.33. The van der Waals surface area contributed by atoms with Gasteiger partial charge < -0.3 is 9.15 Å². The zero-order chi connectivity index (χ0) is 13.1. The maximum atomic E-state index is 12.2. The molecule has 1 fully saturated rings. The number of rotatable bonds is 3. The van der Waals surface area contributed by atoms with Crippen LogP contribution >= 0.6 is 0 Å². The van der Waals surface area contributed by atoms with E-state index in [-0.39, 0.29) is 5.78 Å². The van der Waals surface area contributed by atoms with Gasteiger partial charge in [0.2, 0.25) is 5.78 Å². The van der Waals surface area contributed by atoms with E-state index in [0.29, 0.717) is 18.9 Å². The second-order valence-electron chi connectivity index (χ2n) is 4.81. The fraction of sp³-hybridized carbons (Fsp3) is 0.400. The van der Waals surface area contributed by atoms with Gasteiger partial charge >= 0.3 is 0 Å². The second-order valence-corrected chi connectivity index (χ2v) is 4.81. The van der Waals surface area contributed by atoms with Crippen molar-refractivity contribution in [3.63, 3.8) is 0 Å². The Labute approximate surface area is 111 Å². The molecular weight excluding hydrogens is 242 g/mol. The fourth-order valence-corrected chi connectivity index (χ4v) is 2.36. The number of carbonyl (C=O) groups is 1. The summed E-state index contributed by atoms with van der Waals surface area (Å²) in [6.07, 6.45) is 0.980. The van der Waals surface area contributed by atoms with Crippen LogP contribution in [0.4, 0.5) is 0 Å². The lowest BCUT2D eigenvalue weighted by Crippen LogP contribution is -2.31.